The summed E-state index contributed by atoms with van der Waals surface area (Å²) in [4.78, 5) is 9.87. The Balaban J connectivity index is 3.41. The molecule has 7 heteroatoms. The Morgan fingerprint density at radius 1 is 1.41 bits per heavy atom. The molecule has 0 spiro atoms. The zero-order chi connectivity index (χ0) is 13.2. The maximum atomic E-state index is 12.4. The minimum absolute atomic E-state index is 0.146. The molecule has 0 bridgehead atoms. The summed E-state index contributed by atoms with van der Waals surface area (Å²) in [7, 11) is 0. The Kier molecular flexibility index (Phi) is 3.98. The lowest BCUT2D eigenvalue weighted by Crippen LogP contribution is -2.07. The molecule has 0 radical (unpaired) electrons. The number of halogens is 4. The van der Waals surface area contributed by atoms with Gasteiger partial charge in [-0.1, -0.05) is 24.9 Å². The number of nitrogens with zero attached hydrogens (tertiary/aromatic N) is 1. The second-order valence-corrected chi connectivity index (χ2v) is 3.87. The average Bonchev–Trinajstić information content (AvgIpc) is 2.18. The zero-order valence-corrected chi connectivity index (χ0v) is 9.60. The van der Waals surface area contributed by atoms with E-state index in [2.05, 4.69) is 0 Å². The van der Waals surface area contributed by atoms with Gasteiger partial charge in [-0.05, 0) is 12.5 Å². The Hall–Kier alpha value is -1.30. The number of hydrogen-bond acceptors (Lipinski definition) is 2. The van der Waals surface area contributed by atoms with E-state index in [-0.39, 0.29) is 17.0 Å². The predicted molar refractivity (Wildman–Crippen MR) is 57.1 cm³/mol. The molecule has 0 unspecified atom stereocenters. The van der Waals surface area contributed by atoms with Crippen molar-refractivity contribution in [1.29, 1.82) is 0 Å². The molecule has 0 aliphatic heterocycles. The minimum Gasteiger partial charge on any atom is -0.258 e. The molecule has 0 aliphatic carbocycles. The van der Waals surface area contributed by atoms with Crippen LogP contribution in [0.25, 0.3) is 0 Å². The van der Waals surface area contributed by atoms with E-state index in [1.807, 2.05) is 0 Å². The van der Waals surface area contributed by atoms with Crippen LogP contribution in [0.1, 0.15) is 24.5 Å². The molecule has 1 rings (SSSR count). The van der Waals surface area contributed by atoms with Gasteiger partial charge < -0.3 is 0 Å². The van der Waals surface area contributed by atoms with Crippen LogP contribution in [0.15, 0.2) is 12.1 Å². The van der Waals surface area contributed by atoms with Gasteiger partial charge in [0.1, 0.15) is 0 Å². The van der Waals surface area contributed by atoms with Crippen molar-refractivity contribution in [2.75, 3.05) is 0 Å². The molecule has 0 N–H and O–H groups in total. The Morgan fingerprint density at radius 3 is 2.41 bits per heavy atom. The first-order valence-corrected chi connectivity index (χ1v) is 5.19. The van der Waals surface area contributed by atoms with Crippen molar-refractivity contribution < 1.29 is 18.1 Å². The second-order valence-electron chi connectivity index (χ2n) is 3.46. The normalized spacial score (nSPS) is 11.6. The standard InChI is InChI=1S/C10H9ClF3NO2/c1-2-3-7-8(11)4-6(10(12,13)14)5-9(7)15(16)17/h4-5H,2-3H2,1H3. The first-order chi connectivity index (χ1) is 7.77. The summed E-state index contributed by atoms with van der Waals surface area (Å²) in [6.45, 7) is 1.76. The van der Waals surface area contributed by atoms with Crippen LogP contribution in [-0.2, 0) is 12.6 Å². The summed E-state index contributed by atoms with van der Waals surface area (Å²) >= 11 is 5.66. The molecule has 0 atom stereocenters. The third kappa shape index (κ3) is 3.09. The van der Waals surface area contributed by atoms with E-state index in [1.165, 1.54) is 0 Å². The molecule has 94 valence electrons. The van der Waals surface area contributed by atoms with Gasteiger partial charge >= 0.3 is 6.18 Å². The number of nitro groups is 1. The lowest BCUT2D eigenvalue weighted by Gasteiger charge is -2.10. The lowest BCUT2D eigenvalue weighted by atomic mass is 10.0. The molecule has 0 aliphatic rings. The fraction of sp³-hybridized carbons (Fsp3) is 0.400. The summed E-state index contributed by atoms with van der Waals surface area (Å²) < 4.78 is 37.3. The van der Waals surface area contributed by atoms with Crippen LogP contribution in [0.2, 0.25) is 5.02 Å². The van der Waals surface area contributed by atoms with Gasteiger partial charge in [0, 0.05) is 11.6 Å². The third-order valence-electron chi connectivity index (χ3n) is 2.20. The molecule has 1 aromatic carbocycles. The van der Waals surface area contributed by atoms with Gasteiger partial charge in [0.15, 0.2) is 0 Å². The van der Waals surface area contributed by atoms with Crippen LogP contribution >= 0.6 is 11.6 Å². The van der Waals surface area contributed by atoms with Crippen LogP contribution in [0, 0.1) is 10.1 Å². The molecule has 17 heavy (non-hydrogen) atoms. The first-order valence-electron chi connectivity index (χ1n) is 4.81. The van der Waals surface area contributed by atoms with Crippen molar-refractivity contribution in [2.24, 2.45) is 0 Å². The van der Waals surface area contributed by atoms with E-state index in [0.29, 0.717) is 12.5 Å². The fourth-order valence-corrected chi connectivity index (χ4v) is 1.75. The van der Waals surface area contributed by atoms with Gasteiger partial charge in [0.2, 0.25) is 0 Å². The van der Waals surface area contributed by atoms with Crippen molar-refractivity contribution in [2.45, 2.75) is 25.9 Å². The van der Waals surface area contributed by atoms with Crippen molar-refractivity contribution in [1.82, 2.24) is 0 Å². The number of benzene rings is 1. The average molecular weight is 268 g/mol. The summed E-state index contributed by atoms with van der Waals surface area (Å²) in [5, 5.41) is 10.5. The summed E-state index contributed by atoms with van der Waals surface area (Å²) in [5.74, 6) is 0. The van der Waals surface area contributed by atoms with Crippen LogP contribution in [-0.4, -0.2) is 4.92 Å². The molecule has 0 amide bonds. The summed E-state index contributed by atoms with van der Waals surface area (Å²) in [6, 6.07) is 1.25. The monoisotopic (exact) mass is 267 g/mol. The van der Waals surface area contributed by atoms with Gasteiger partial charge in [-0.15, -0.1) is 0 Å². The smallest absolute Gasteiger partial charge is 0.258 e. The maximum Gasteiger partial charge on any atom is 0.416 e. The highest BCUT2D eigenvalue weighted by Gasteiger charge is 2.34. The van der Waals surface area contributed by atoms with E-state index in [4.69, 9.17) is 11.6 Å². The summed E-state index contributed by atoms with van der Waals surface area (Å²) in [6.07, 6.45) is -3.81. The number of rotatable bonds is 3. The quantitative estimate of drug-likeness (QED) is 0.608. The predicted octanol–water partition coefficient (Wildman–Crippen LogP) is 4.22. The molecular weight excluding hydrogens is 259 g/mol. The Bertz CT molecular complexity index is 446. The van der Waals surface area contributed by atoms with E-state index in [0.717, 1.165) is 6.07 Å². The largest absolute Gasteiger partial charge is 0.416 e. The van der Waals surface area contributed by atoms with Crippen molar-refractivity contribution in [3.8, 4) is 0 Å². The van der Waals surface area contributed by atoms with Gasteiger partial charge in [0.25, 0.3) is 5.69 Å². The van der Waals surface area contributed by atoms with Crippen molar-refractivity contribution in [3.63, 3.8) is 0 Å². The highest BCUT2D eigenvalue weighted by Crippen LogP contribution is 2.37. The number of hydrogen-bond donors (Lipinski definition) is 0. The highest BCUT2D eigenvalue weighted by molar-refractivity contribution is 6.31. The minimum atomic E-state index is -4.64. The fourth-order valence-electron chi connectivity index (χ4n) is 1.45. The Morgan fingerprint density at radius 2 is 2.00 bits per heavy atom. The van der Waals surface area contributed by atoms with Crippen LogP contribution in [0.4, 0.5) is 18.9 Å². The van der Waals surface area contributed by atoms with Crippen molar-refractivity contribution >= 4 is 17.3 Å². The van der Waals surface area contributed by atoms with Gasteiger partial charge in [0.05, 0.1) is 15.5 Å². The maximum absolute atomic E-state index is 12.4. The van der Waals surface area contributed by atoms with Gasteiger partial charge in [-0.3, -0.25) is 10.1 Å². The number of alkyl halides is 3. The van der Waals surface area contributed by atoms with E-state index >= 15 is 0 Å². The molecule has 3 nitrogen and oxygen atoms in total. The molecule has 0 aromatic heterocycles. The highest BCUT2D eigenvalue weighted by atomic mass is 35.5. The molecule has 0 heterocycles. The van der Waals surface area contributed by atoms with Gasteiger partial charge in [-0.25, -0.2) is 0 Å². The van der Waals surface area contributed by atoms with Crippen LogP contribution in [0.5, 0.6) is 0 Å². The van der Waals surface area contributed by atoms with Crippen LogP contribution in [0.3, 0.4) is 0 Å². The van der Waals surface area contributed by atoms with E-state index < -0.39 is 22.4 Å². The van der Waals surface area contributed by atoms with E-state index in [9.17, 15) is 23.3 Å². The summed E-state index contributed by atoms with van der Waals surface area (Å²) in [5.41, 5.74) is -1.53. The molecule has 0 saturated carbocycles. The number of nitro benzene ring substituents is 1. The second kappa shape index (κ2) is 4.91. The Labute approximate surface area is 100 Å². The lowest BCUT2D eigenvalue weighted by molar-refractivity contribution is -0.385. The third-order valence-corrected chi connectivity index (χ3v) is 2.53. The molecular formula is C10H9ClF3NO2. The molecule has 0 saturated heterocycles. The van der Waals surface area contributed by atoms with Gasteiger partial charge in [-0.2, -0.15) is 13.2 Å². The molecule has 0 fully saturated rings. The van der Waals surface area contributed by atoms with E-state index in [1.54, 1.807) is 6.92 Å². The zero-order valence-electron chi connectivity index (χ0n) is 8.84. The topological polar surface area (TPSA) is 43.1 Å². The van der Waals surface area contributed by atoms with Crippen LogP contribution < -0.4 is 0 Å². The SMILES string of the molecule is CCCc1c(Cl)cc(C(F)(F)F)cc1[N+](=O)[O-]. The van der Waals surface area contributed by atoms with Crippen molar-refractivity contribution in [3.05, 3.63) is 38.4 Å². The molecule has 1 aromatic rings. The first kappa shape index (κ1) is 13.8.